The maximum atomic E-state index is 6.14. The first-order chi connectivity index (χ1) is 9.29. The van der Waals surface area contributed by atoms with Gasteiger partial charge in [-0.1, -0.05) is 39.0 Å². The van der Waals surface area contributed by atoms with Crippen LogP contribution in [0.5, 0.6) is 0 Å². The summed E-state index contributed by atoms with van der Waals surface area (Å²) in [5.74, 6) is 0. The van der Waals surface area contributed by atoms with Crippen molar-refractivity contribution in [1.82, 2.24) is 9.88 Å². The normalized spacial score (nSPS) is 13.9. The highest BCUT2D eigenvalue weighted by atomic mass is 15.1. The van der Waals surface area contributed by atoms with Gasteiger partial charge in [-0.25, -0.2) is 0 Å². The average Bonchev–Trinajstić information content (AvgIpc) is 2.36. The zero-order valence-corrected chi connectivity index (χ0v) is 13.1. The number of pyridine rings is 1. The zero-order valence-electron chi connectivity index (χ0n) is 13.1. The number of hydrogen-bond donors (Lipinski definition) is 1. The van der Waals surface area contributed by atoms with E-state index in [0.29, 0.717) is 6.04 Å². The van der Waals surface area contributed by atoms with Crippen molar-refractivity contribution in [2.24, 2.45) is 5.41 Å². The molecule has 20 heavy (non-hydrogen) atoms. The van der Waals surface area contributed by atoms with Crippen molar-refractivity contribution < 1.29 is 0 Å². The average molecular weight is 271 g/mol. The molecule has 2 N–H and O–H groups in total. The molecule has 0 saturated carbocycles. The van der Waals surface area contributed by atoms with Gasteiger partial charge in [-0.2, -0.15) is 0 Å². The molecule has 1 heterocycles. The van der Waals surface area contributed by atoms with E-state index in [1.165, 1.54) is 0 Å². The minimum Gasteiger partial charge on any atom is -0.398 e. The van der Waals surface area contributed by atoms with E-state index in [1.807, 2.05) is 30.3 Å². The van der Waals surface area contributed by atoms with Crippen molar-refractivity contribution in [3.8, 4) is 0 Å². The molecule has 3 heteroatoms. The molecule has 0 amide bonds. The Balaban J connectivity index is 2.26. The SMILES string of the molecule is CC(N(C)Cc1cc(N)c2ccccc2n1)C(C)(C)C. The summed E-state index contributed by atoms with van der Waals surface area (Å²) in [5, 5.41) is 1.03. The number of nitrogen functional groups attached to an aromatic ring is 1. The van der Waals surface area contributed by atoms with Crippen LogP contribution in [0.2, 0.25) is 0 Å². The molecule has 1 aromatic heterocycles. The highest BCUT2D eigenvalue weighted by molar-refractivity contribution is 5.90. The lowest BCUT2D eigenvalue weighted by Gasteiger charge is -2.35. The molecule has 0 saturated heterocycles. The third kappa shape index (κ3) is 3.10. The number of anilines is 1. The molecule has 1 aromatic carbocycles. The van der Waals surface area contributed by atoms with Crippen LogP contribution in [0.15, 0.2) is 30.3 Å². The highest BCUT2D eigenvalue weighted by Crippen LogP contribution is 2.25. The molecule has 1 unspecified atom stereocenters. The Bertz CT molecular complexity index is 599. The fourth-order valence-corrected chi connectivity index (χ4v) is 2.39. The summed E-state index contributed by atoms with van der Waals surface area (Å²) in [5.41, 5.74) is 9.19. The number of hydrogen-bond acceptors (Lipinski definition) is 3. The van der Waals surface area contributed by atoms with Crippen LogP contribution in [0.1, 0.15) is 33.4 Å². The first-order valence-corrected chi connectivity index (χ1v) is 7.13. The Kier molecular flexibility index (Phi) is 4.00. The van der Waals surface area contributed by atoms with Crippen LogP contribution in [0.3, 0.4) is 0 Å². The van der Waals surface area contributed by atoms with Gasteiger partial charge in [-0.3, -0.25) is 9.88 Å². The number of benzene rings is 1. The van der Waals surface area contributed by atoms with Gasteiger partial charge < -0.3 is 5.73 Å². The minimum absolute atomic E-state index is 0.247. The van der Waals surface area contributed by atoms with E-state index in [-0.39, 0.29) is 5.41 Å². The van der Waals surface area contributed by atoms with E-state index in [9.17, 15) is 0 Å². The van der Waals surface area contributed by atoms with Crippen molar-refractivity contribution in [2.45, 2.75) is 40.3 Å². The molecule has 0 spiro atoms. The molecule has 0 bridgehead atoms. The van der Waals surface area contributed by atoms with Gasteiger partial charge in [-0.15, -0.1) is 0 Å². The van der Waals surface area contributed by atoms with Crippen molar-refractivity contribution in [3.63, 3.8) is 0 Å². The summed E-state index contributed by atoms with van der Waals surface area (Å²) in [6.45, 7) is 9.85. The lowest BCUT2D eigenvalue weighted by atomic mass is 9.87. The van der Waals surface area contributed by atoms with Crippen LogP contribution in [-0.2, 0) is 6.54 Å². The van der Waals surface area contributed by atoms with E-state index in [4.69, 9.17) is 10.7 Å². The van der Waals surface area contributed by atoms with Gasteiger partial charge in [0.1, 0.15) is 0 Å². The predicted octanol–water partition coefficient (Wildman–Crippen LogP) is 3.68. The summed E-state index contributed by atoms with van der Waals surface area (Å²) in [6, 6.07) is 10.5. The molecule has 108 valence electrons. The molecular formula is C17H25N3. The first kappa shape index (κ1) is 14.8. The van der Waals surface area contributed by atoms with Gasteiger partial charge in [0.25, 0.3) is 0 Å². The molecule has 3 nitrogen and oxygen atoms in total. The van der Waals surface area contributed by atoms with Crippen LogP contribution >= 0.6 is 0 Å². The predicted molar refractivity (Wildman–Crippen MR) is 86.5 cm³/mol. The molecule has 0 aliphatic carbocycles. The standard InChI is InChI=1S/C17H25N3/c1-12(17(2,3)4)20(5)11-13-10-15(18)14-8-6-7-9-16(14)19-13/h6-10,12H,11H2,1-5H3,(H2,18,19). The Morgan fingerprint density at radius 2 is 1.90 bits per heavy atom. The third-order valence-corrected chi connectivity index (χ3v) is 4.13. The monoisotopic (exact) mass is 271 g/mol. The van der Waals surface area contributed by atoms with E-state index in [0.717, 1.165) is 28.8 Å². The maximum absolute atomic E-state index is 6.14. The minimum atomic E-state index is 0.247. The van der Waals surface area contributed by atoms with Gasteiger partial charge in [0, 0.05) is 23.7 Å². The smallest absolute Gasteiger partial charge is 0.0726 e. The van der Waals surface area contributed by atoms with E-state index in [1.54, 1.807) is 0 Å². The molecule has 2 aromatic rings. The van der Waals surface area contributed by atoms with Crippen LogP contribution in [0, 0.1) is 5.41 Å². The third-order valence-electron chi connectivity index (χ3n) is 4.13. The lowest BCUT2D eigenvalue weighted by molar-refractivity contribution is 0.133. The van der Waals surface area contributed by atoms with Crippen LogP contribution in [-0.4, -0.2) is 23.0 Å². The summed E-state index contributed by atoms with van der Waals surface area (Å²) < 4.78 is 0. The molecule has 0 fully saturated rings. The quantitative estimate of drug-likeness (QED) is 0.926. The second-order valence-electron chi connectivity index (χ2n) is 6.68. The molecule has 0 aliphatic heterocycles. The number of nitrogens with zero attached hydrogens (tertiary/aromatic N) is 2. The Morgan fingerprint density at radius 1 is 1.25 bits per heavy atom. The summed E-state index contributed by atoms with van der Waals surface area (Å²) in [4.78, 5) is 7.05. The number of fused-ring (bicyclic) bond motifs is 1. The van der Waals surface area contributed by atoms with Crippen molar-refractivity contribution in [1.29, 1.82) is 0 Å². The van der Waals surface area contributed by atoms with Gasteiger partial charge in [0.2, 0.25) is 0 Å². The van der Waals surface area contributed by atoms with Crippen LogP contribution in [0.25, 0.3) is 10.9 Å². The van der Waals surface area contributed by atoms with Gasteiger partial charge in [0.05, 0.1) is 11.2 Å². The summed E-state index contributed by atoms with van der Waals surface area (Å²) in [7, 11) is 2.14. The maximum Gasteiger partial charge on any atom is 0.0726 e. The molecule has 2 rings (SSSR count). The van der Waals surface area contributed by atoms with Crippen molar-refractivity contribution >= 4 is 16.6 Å². The van der Waals surface area contributed by atoms with E-state index < -0.39 is 0 Å². The highest BCUT2D eigenvalue weighted by Gasteiger charge is 2.24. The van der Waals surface area contributed by atoms with Crippen molar-refractivity contribution in [2.75, 3.05) is 12.8 Å². The molecule has 0 radical (unpaired) electrons. The Hall–Kier alpha value is -1.61. The second-order valence-corrected chi connectivity index (χ2v) is 6.68. The number of nitrogens with two attached hydrogens (primary N) is 1. The first-order valence-electron chi connectivity index (χ1n) is 7.13. The van der Waals surface area contributed by atoms with Gasteiger partial charge >= 0.3 is 0 Å². The molecule has 1 atom stereocenters. The lowest BCUT2D eigenvalue weighted by Crippen LogP contribution is -2.38. The van der Waals surface area contributed by atoms with Crippen LogP contribution < -0.4 is 5.73 Å². The Labute approximate surface area is 121 Å². The summed E-state index contributed by atoms with van der Waals surface area (Å²) in [6.07, 6.45) is 0. The largest absolute Gasteiger partial charge is 0.398 e. The second kappa shape index (κ2) is 5.41. The fraction of sp³-hybridized carbons (Fsp3) is 0.471. The summed E-state index contributed by atoms with van der Waals surface area (Å²) >= 11 is 0. The topological polar surface area (TPSA) is 42.1 Å². The zero-order chi connectivity index (χ0) is 14.9. The number of rotatable bonds is 3. The van der Waals surface area contributed by atoms with Crippen molar-refractivity contribution in [3.05, 3.63) is 36.0 Å². The van der Waals surface area contributed by atoms with Crippen LogP contribution in [0.4, 0.5) is 5.69 Å². The Morgan fingerprint density at radius 3 is 2.55 bits per heavy atom. The van der Waals surface area contributed by atoms with E-state index in [2.05, 4.69) is 39.6 Å². The van der Waals surface area contributed by atoms with E-state index >= 15 is 0 Å². The fourth-order valence-electron chi connectivity index (χ4n) is 2.39. The number of aromatic nitrogens is 1. The molecule has 0 aliphatic rings. The molecular weight excluding hydrogens is 246 g/mol. The number of para-hydroxylation sites is 1. The van der Waals surface area contributed by atoms with Gasteiger partial charge in [0.15, 0.2) is 0 Å². The van der Waals surface area contributed by atoms with Gasteiger partial charge in [-0.05, 0) is 31.5 Å².